The molecule has 0 spiro atoms. The van der Waals surface area contributed by atoms with E-state index in [0.717, 1.165) is 4.88 Å². The zero-order valence-electron chi connectivity index (χ0n) is 17.5. The first-order valence-electron chi connectivity index (χ1n) is 9.43. The van der Waals surface area contributed by atoms with E-state index >= 15 is 0 Å². The fourth-order valence-electron chi connectivity index (χ4n) is 2.73. The highest BCUT2D eigenvalue weighted by Crippen LogP contribution is 2.29. The number of carbonyl (C=O) groups excluding carboxylic acids is 2. The molecule has 0 aliphatic heterocycles. The number of thioether (sulfide) groups is 1. The van der Waals surface area contributed by atoms with E-state index in [1.54, 1.807) is 6.07 Å². The lowest BCUT2D eigenvalue weighted by atomic mass is 10.3. The van der Waals surface area contributed by atoms with E-state index in [1.807, 2.05) is 18.4 Å². The average Bonchev–Trinajstić information content (AvgIpc) is 3.34. The van der Waals surface area contributed by atoms with Crippen molar-refractivity contribution in [1.29, 1.82) is 0 Å². The lowest BCUT2D eigenvalue weighted by molar-refractivity contribution is -0.113. The molecule has 0 fully saturated rings. The summed E-state index contributed by atoms with van der Waals surface area (Å²) in [5.74, 6) is -0.281. The summed E-state index contributed by atoms with van der Waals surface area (Å²) in [7, 11) is 1.29. The van der Waals surface area contributed by atoms with E-state index in [-0.39, 0.29) is 23.3 Å². The minimum Gasteiger partial charge on any atom is -0.486 e. The summed E-state index contributed by atoms with van der Waals surface area (Å²) in [6, 6.07) is 5.76. The second-order valence-electron chi connectivity index (χ2n) is 6.44. The summed E-state index contributed by atoms with van der Waals surface area (Å²) in [6.45, 7) is 4.43. The molecule has 0 unspecified atom stereocenters. The van der Waals surface area contributed by atoms with Crippen LogP contribution in [0.2, 0.25) is 5.02 Å². The maximum Gasteiger partial charge on any atom is 0.340 e. The molecule has 0 bridgehead atoms. The first-order chi connectivity index (χ1) is 15.3. The van der Waals surface area contributed by atoms with Gasteiger partial charge in [-0.05, 0) is 32.0 Å². The van der Waals surface area contributed by atoms with Crippen LogP contribution in [0.3, 0.4) is 0 Å². The Morgan fingerprint density at radius 2 is 2.09 bits per heavy atom. The molecule has 3 rings (SSSR count). The molecule has 32 heavy (non-hydrogen) atoms. The molecule has 0 atom stereocenters. The molecule has 0 aliphatic rings. The molecule has 0 saturated carbocycles. The van der Waals surface area contributed by atoms with E-state index in [0.29, 0.717) is 33.8 Å². The predicted molar refractivity (Wildman–Crippen MR) is 121 cm³/mol. The number of esters is 1. The van der Waals surface area contributed by atoms with E-state index in [2.05, 4.69) is 15.5 Å². The molecule has 3 aromatic rings. The number of rotatable bonds is 9. The van der Waals surface area contributed by atoms with Gasteiger partial charge in [-0.3, -0.25) is 4.79 Å². The Bertz CT molecular complexity index is 1140. The Kier molecular flexibility index (Phi) is 8.10. The van der Waals surface area contributed by atoms with Crippen molar-refractivity contribution in [2.75, 3.05) is 18.2 Å². The number of aromatic nitrogens is 3. The number of amides is 1. The minimum absolute atomic E-state index is 0.0296. The molecule has 8 nitrogen and oxygen atoms in total. The molecule has 0 radical (unpaired) electrons. The summed E-state index contributed by atoms with van der Waals surface area (Å²) >= 11 is 8.28. The largest absolute Gasteiger partial charge is 0.486 e. The van der Waals surface area contributed by atoms with Crippen molar-refractivity contribution in [3.05, 3.63) is 51.4 Å². The van der Waals surface area contributed by atoms with Crippen molar-refractivity contribution in [2.45, 2.75) is 32.2 Å². The normalized spacial score (nSPS) is 10.8. The molecule has 170 valence electrons. The molecule has 2 aromatic heterocycles. The summed E-state index contributed by atoms with van der Waals surface area (Å²) < 4.78 is 25.5. The molecule has 2 heterocycles. The monoisotopic (exact) mass is 498 g/mol. The highest BCUT2D eigenvalue weighted by atomic mass is 35.5. The summed E-state index contributed by atoms with van der Waals surface area (Å²) in [6.07, 6.45) is 0. The maximum atomic E-state index is 13.3. The van der Waals surface area contributed by atoms with Crippen LogP contribution in [0.1, 0.15) is 28.0 Å². The number of halogens is 2. The number of carbonyl (C=O) groups is 2. The molecule has 1 amide bonds. The van der Waals surface area contributed by atoms with Gasteiger partial charge in [-0.2, -0.15) is 0 Å². The quantitative estimate of drug-likeness (QED) is 0.341. The number of nitrogens with one attached hydrogen (secondary N) is 1. The Morgan fingerprint density at radius 3 is 2.78 bits per heavy atom. The molecule has 0 aliphatic carbocycles. The van der Waals surface area contributed by atoms with E-state index in [4.69, 9.17) is 21.1 Å². The smallest absolute Gasteiger partial charge is 0.340 e. The minimum atomic E-state index is -0.524. The summed E-state index contributed by atoms with van der Waals surface area (Å²) in [5.41, 5.74) is 0.324. The third-order valence-electron chi connectivity index (χ3n) is 4.21. The number of hydrogen-bond donors (Lipinski definition) is 1. The topological polar surface area (TPSA) is 95.3 Å². The molecular formula is C20H20ClFN4O4S2. The van der Waals surface area contributed by atoms with Gasteiger partial charge in [-0.15, -0.1) is 21.5 Å². The number of ether oxygens (including phenoxy) is 2. The Labute approximate surface area is 197 Å². The first kappa shape index (κ1) is 24.0. The Balaban J connectivity index is 1.61. The highest BCUT2D eigenvalue weighted by molar-refractivity contribution is 7.99. The van der Waals surface area contributed by atoms with Crippen LogP contribution in [-0.4, -0.2) is 39.5 Å². The average molecular weight is 499 g/mol. The predicted octanol–water partition coefficient (Wildman–Crippen LogP) is 4.56. The lowest BCUT2D eigenvalue weighted by Gasteiger charge is -2.09. The van der Waals surface area contributed by atoms with Gasteiger partial charge in [0.25, 0.3) is 0 Å². The number of nitrogens with zero attached hydrogens (tertiary/aromatic N) is 3. The Morgan fingerprint density at radius 1 is 1.31 bits per heavy atom. The van der Waals surface area contributed by atoms with Crippen LogP contribution in [0, 0.1) is 12.7 Å². The third-order valence-corrected chi connectivity index (χ3v) is 6.44. The van der Waals surface area contributed by atoms with E-state index in [1.165, 1.54) is 48.4 Å². The second-order valence-corrected chi connectivity index (χ2v) is 9.04. The van der Waals surface area contributed by atoms with Gasteiger partial charge in [0.2, 0.25) is 5.91 Å². The van der Waals surface area contributed by atoms with Crippen molar-refractivity contribution in [2.24, 2.45) is 0 Å². The first-order valence-corrected chi connectivity index (χ1v) is 11.6. The van der Waals surface area contributed by atoms with Gasteiger partial charge in [-0.1, -0.05) is 23.4 Å². The van der Waals surface area contributed by atoms with Crippen molar-refractivity contribution >= 4 is 51.6 Å². The number of hydrogen-bond acceptors (Lipinski definition) is 8. The highest BCUT2D eigenvalue weighted by Gasteiger charge is 2.19. The van der Waals surface area contributed by atoms with Gasteiger partial charge in [0, 0.05) is 17.5 Å². The van der Waals surface area contributed by atoms with Crippen LogP contribution in [0.15, 0.2) is 29.4 Å². The van der Waals surface area contributed by atoms with Gasteiger partial charge in [0.15, 0.2) is 11.0 Å². The molecule has 12 heteroatoms. The maximum absolute atomic E-state index is 13.3. The van der Waals surface area contributed by atoms with Gasteiger partial charge in [-0.25, -0.2) is 9.18 Å². The van der Waals surface area contributed by atoms with Crippen LogP contribution >= 0.6 is 34.7 Å². The molecule has 0 saturated heterocycles. The van der Waals surface area contributed by atoms with Gasteiger partial charge < -0.3 is 19.4 Å². The fourth-order valence-corrected chi connectivity index (χ4v) is 4.63. The zero-order valence-corrected chi connectivity index (χ0v) is 19.9. The summed E-state index contributed by atoms with van der Waals surface area (Å²) in [5, 5.41) is 12.0. The zero-order chi connectivity index (χ0) is 23.3. The van der Waals surface area contributed by atoms with Crippen molar-refractivity contribution in [1.82, 2.24) is 14.8 Å². The van der Waals surface area contributed by atoms with Crippen LogP contribution in [0.5, 0.6) is 5.75 Å². The van der Waals surface area contributed by atoms with E-state index in [9.17, 15) is 14.0 Å². The number of benzene rings is 1. The van der Waals surface area contributed by atoms with Gasteiger partial charge >= 0.3 is 5.97 Å². The van der Waals surface area contributed by atoms with Crippen molar-refractivity contribution < 1.29 is 23.5 Å². The van der Waals surface area contributed by atoms with Crippen LogP contribution in [-0.2, 0) is 22.7 Å². The summed E-state index contributed by atoms with van der Waals surface area (Å²) in [4.78, 5) is 25.2. The number of methoxy groups -OCH3 is 1. The van der Waals surface area contributed by atoms with E-state index < -0.39 is 11.8 Å². The molecular weight excluding hydrogens is 479 g/mol. The molecule has 1 N–H and O–H groups in total. The van der Waals surface area contributed by atoms with Crippen LogP contribution < -0.4 is 10.1 Å². The number of thiophene rings is 1. The third kappa shape index (κ3) is 5.78. The second kappa shape index (κ2) is 10.8. The van der Waals surface area contributed by atoms with Gasteiger partial charge in [0.05, 0.1) is 23.4 Å². The fraction of sp³-hybridized carbons (Fsp3) is 0.300. The number of anilines is 1. The van der Waals surface area contributed by atoms with Crippen LogP contribution in [0.4, 0.5) is 9.39 Å². The Hall–Kier alpha value is -2.63. The van der Waals surface area contributed by atoms with Crippen LogP contribution in [0.25, 0.3) is 0 Å². The number of aryl methyl sites for hydroxylation is 1. The standard InChI is InChI=1S/C20H20ClFN4O4S2/c1-4-26-16(9-30-12-5-6-15(22)14(21)8-12)24-25-20(26)31-10-17(27)23-18-13(19(28)29-3)7-11(2)32-18/h5-8H,4,9-10H2,1-3H3,(H,23,27). The lowest BCUT2D eigenvalue weighted by Crippen LogP contribution is -2.16. The van der Waals surface area contributed by atoms with Crippen molar-refractivity contribution in [3.8, 4) is 5.75 Å². The van der Waals surface area contributed by atoms with Crippen molar-refractivity contribution in [3.63, 3.8) is 0 Å². The SMILES string of the molecule is CCn1c(COc2ccc(F)c(Cl)c2)nnc1SCC(=O)Nc1sc(C)cc1C(=O)OC. The van der Waals surface area contributed by atoms with Gasteiger partial charge in [0.1, 0.15) is 23.2 Å². The molecule has 1 aromatic carbocycles.